The number of thiophene rings is 1. The zero-order valence-electron chi connectivity index (χ0n) is 12.3. The SMILES string of the molecule is Cc1ccc(C(O)c2cc3c(s2)CCCCC3)c(C)c1. The van der Waals surface area contributed by atoms with E-state index in [0.29, 0.717) is 0 Å². The van der Waals surface area contributed by atoms with E-state index >= 15 is 0 Å². The third-order valence-corrected chi connectivity index (χ3v) is 5.54. The maximum absolute atomic E-state index is 10.7. The van der Waals surface area contributed by atoms with Gasteiger partial charge in [-0.2, -0.15) is 0 Å². The topological polar surface area (TPSA) is 20.2 Å². The molecule has 20 heavy (non-hydrogen) atoms. The maximum Gasteiger partial charge on any atom is 0.113 e. The molecule has 0 radical (unpaired) electrons. The smallest absolute Gasteiger partial charge is 0.113 e. The number of aliphatic hydroxyl groups is 1. The van der Waals surface area contributed by atoms with Crippen molar-refractivity contribution in [1.82, 2.24) is 0 Å². The van der Waals surface area contributed by atoms with Crippen LogP contribution in [0.5, 0.6) is 0 Å². The Balaban J connectivity index is 1.92. The van der Waals surface area contributed by atoms with Crippen LogP contribution in [0.2, 0.25) is 0 Å². The lowest BCUT2D eigenvalue weighted by Gasteiger charge is -2.13. The molecule has 0 saturated carbocycles. The summed E-state index contributed by atoms with van der Waals surface area (Å²) >= 11 is 1.81. The number of benzene rings is 1. The molecule has 1 unspecified atom stereocenters. The average molecular weight is 286 g/mol. The Kier molecular flexibility index (Phi) is 3.95. The van der Waals surface area contributed by atoms with E-state index in [0.717, 1.165) is 10.4 Å². The van der Waals surface area contributed by atoms with Gasteiger partial charge in [0, 0.05) is 9.75 Å². The highest BCUT2D eigenvalue weighted by Crippen LogP contribution is 2.35. The summed E-state index contributed by atoms with van der Waals surface area (Å²) < 4.78 is 0. The van der Waals surface area contributed by atoms with Gasteiger partial charge in [-0.15, -0.1) is 11.3 Å². The molecule has 0 fully saturated rings. The minimum atomic E-state index is -0.465. The molecule has 2 heteroatoms. The standard InChI is InChI=1S/C18H22OS/c1-12-8-9-15(13(2)10-12)18(19)17-11-14-6-4-3-5-7-16(14)20-17/h8-11,18-19H,3-7H2,1-2H3. The predicted octanol–water partition coefficient (Wildman–Crippen LogP) is 4.72. The highest BCUT2D eigenvalue weighted by Gasteiger charge is 2.19. The minimum Gasteiger partial charge on any atom is -0.383 e. The van der Waals surface area contributed by atoms with Crippen molar-refractivity contribution in [3.63, 3.8) is 0 Å². The van der Waals surface area contributed by atoms with Gasteiger partial charge in [0.05, 0.1) is 0 Å². The molecule has 106 valence electrons. The first-order chi connectivity index (χ1) is 9.65. The first-order valence-electron chi connectivity index (χ1n) is 7.52. The number of hydrogen-bond donors (Lipinski definition) is 1. The van der Waals surface area contributed by atoms with Crippen LogP contribution in [-0.2, 0) is 12.8 Å². The van der Waals surface area contributed by atoms with Crippen LogP contribution in [0.25, 0.3) is 0 Å². The van der Waals surface area contributed by atoms with Crippen molar-refractivity contribution in [2.45, 2.75) is 52.1 Å². The Morgan fingerprint density at radius 3 is 2.65 bits per heavy atom. The van der Waals surface area contributed by atoms with Gasteiger partial charge in [0.2, 0.25) is 0 Å². The van der Waals surface area contributed by atoms with Crippen LogP contribution in [0.15, 0.2) is 24.3 Å². The molecule has 0 amide bonds. The molecule has 1 nitrogen and oxygen atoms in total. The normalized spacial score (nSPS) is 16.6. The summed E-state index contributed by atoms with van der Waals surface area (Å²) in [4.78, 5) is 2.62. The quantitative estimate of drug-likeness (QED) is 0.792. The summed E-state index contributed by atoms with van der Waals surface area (Å²) in [5, 5.41) is 10.7. The first-order valence-corrected chi connectivity index (χ1v) is 8.33. The molecular weight excluding hydrogens is 264 g/mol. The van der Waals surface area contributed by atoms with Crippen molar-refractivity contribution in [3.8, 4) is 0 Å². The highest BCUT2D eigenvalue weighted by molar-refractivity contribution is 7.12. The molecule has 0 spiro atoms. The Hall–Kier alpha value is -1.12. The molecule has 1 aromatic heterocycles. The molecule has 1 atom stereocenters. The minimum absolute atomic E-state index is 0.465. The molecule has 1 aliphatic rings. The van der Waals surface area contributed by atoms with Crippen molar-refractivity contribution in [1.29, 1.82) is 0 Å². The van der Waals surface area contributed by atoms with E-state index < -0.39 is 6.10 Å². The number of aliphatic hydroxyl groups excluding tert-OH is 1. The van der Waals surface area contributed by atoms with Crippen molar-refractivity contribution < 1.29 is 5.11 Å². The lowest BCUT2D eigenvalue weighted by molar-refractivity contribution is 0.223. The summed E-state index contributed by atoms with van der Waals surface area (Å²) in [6.45, 7) is 4.18. The zero-order valence-corrected chi connectivity index (χ0v) is 13.1. The molecule has 0 bridgehead atoms. The molecule has 1 heterocycles. The van der Waals surface area contributed by atoms with E-state index in [1.807, 2.05) is 11.3 Å². The van der Waals surface area contributed by atoms with Crippen molar-refractivity contribution >= 4 is 11.3 Å². The maximum atomic E-state index is 10.7. The van der Waals surface area contributed by atoms with Crippen LogP contribution in [-0.4, -0.2) is 5.11 Å². The van der Waals surface area contributed by atoms with Gasteiger partial charge in [0.1, 0.15) is 6.10 Å². The van der Waals surface area contributed by atoms with E-state index in [4.69, 9.17) is 0 Å². The van der Waals surface area contributed by atoms with Crippen LogP contribution >= 0.6 is 11.3 Å². The third-order valence-electron chi connectivity index (χ3n) is 4.26. The second kappa shape index (κ2) is 5.71. The third kappa shape index (κ3) is 2.68. The monoisotopic (exact) mass is 286 g/mol. The summed E-state index contributed by atoms with van der Waals surface area (Å²) in [6, 6.07) is 8.55. The molecule has 1 N–H and O–H groups in total. The van der Waals surface area contributed by atoms with Gasteiger partial charge in [-0.1, -0.05) is 30.2 Å². The number of hydrogen-bond acceptors (Lipinski definition) is 2. The molecule has 0 saturated heterocycles. The predicted molar refractivity (Wildman–Crippen MR) is 85.6 cm³/mol. The van der Waals surface area contributed by atoms with E-state index in [1.165, 1.54) is 53.7 Å². The first kappa shape index (κ1) is 13.8. The Morgan fingerprint density at radius 1 is 1.05 bits per heavy atom. The largest absolute Gasteiger partial charge is 0.383 e. The lowest BCUT2D eigenvalue weighted by atomic mass is 9.99. The van der Waals surface area contributed by atoms with Gasteiger partial charge in [0.25, 0.3) is 0 Å². The molecule has 0 aliphatic heterocycles. The van der Waals surface area contributed by atoms with Crippen molar-refractivity contribution in [3.05, 3.63) is 56.3 Å². The molecular formula is C18H22OS. The van der Waals surface area contributed by atoms with Crippen LogP contribution in [0.4, 0.5) is 0 Å². The fraction of sp³-hybridized carbons (Fsp3) is 0.444. The fourth-order valence-electron chi connectivity index (χ4n) is 3.11. The second-order valence-corrected chi connectivity index (χ2v) is 7.09. The lowest BCUT2D eigenvalue weighted by Crippen LogP contribution is -2.00. The summed E-state index contributed by atoms with van der Waals surface area (Å²) in [7, 11) is 0. The molecule has 2 aromatic rings. The second-order valence-electron chi connectivity index (χ2n) is 5.92. The molecule has 3 rings (SSSR count). The van der Waals surface area contributed by atoms with Gasteiger partial charge in [-0.25, -0.2) is 0 Å². The molecule has 1 aromatic carbocycles. The van der Waals surface area contributed by atoms with Crippen LogP contribution in [0.1, 0.15) is 57.4 Å². The summed E-state index contributed by atoms with van der Waals surface area (Å²) in [6.07, 6.45) is 5.85. The fourth-order valence-corrected chi connectivity index (χ4v) is 4.37. The number of fused-ring (bicyclic) bond motifs is 1. The average Bonchev–Trinajstić information content (AvgIpc) is 2.69. The van der Waals surface area contributed by atoms with Crippen molar-refractivity contribution in [2.24, 2.45) is 0 Å². The van der Waals surface area contributed by atoms with E-state index in [9.17, 15) is 5.11 Å². The van der Waals surface area contributed by atoms with Gasteiger partial charge in [-0.05, 0) is 62.3 Å². The van der Waals surface area contributed by atoms with Crippen molar-refractivity contribution in [2.75, 3.05) is 0 Å². The van der Waals surface area contributed by atoms with Gasteiger partial charge in [-0.3, -0.25) is 0 Å². The summed E-state index contributed by atoms with van der Waals surface area (Å²) in [5.41, 5.74) is 4.96. The van der Waals surface area contributed by atoms with E-state index in [2.05, 4.69) is 38.1 Å². The van der Waals surface area contributed by atoms with Crippen LogP contribution < -0.4 is 0 Å². The Morgan fingerprint density at radius 2 is 1.85 bits per heavy atom. The van der Waals surface area contributed by atoms with Crippen LogP contribution in [0, 0.1) is 13.8 Å². The van der Waals surface area contributed by atoms with Gasteiger partial charge in [0.15, 0.2) is 0 Å². The zero-order chi connectivity index (χ0) is 14.1. The molecule has 1 aliphatic carbocycles. The van der Waals surface area contributed by atoms with Gasteiger partial charge >= 0.3 is 0 Å². The Bertz CT molecular complexity index is 588. The van der Waals surface area contributed by atoms with Gasteiger partial charge < -0.3 is 5.11 Å². The van der Waals surface area contributed by atoms with E-state index in [1.54, 1.807) is 0 Å². The number of rotatable bonds is 2. The Labute approximate surface area is 125 Å². The van der Waals surface area contributed by atoms with Crippen LogP contribution in [0.3, 0.4) is 0 Å². The number of aryl methyl sites for hydroxylation is 4. The summed E-state index contributed by atoms with van der Waals surface area (Å²) in [5.74, 6) is 0. The van der Waals surface area contributed by atoms with E-state index in [-0.39, 0.29) is 0 Å². The highest BCUT2D eigenvalue weighted by atomic mass is 32.1.